The van der Waals surface area contributed by atoms with Crippen LogP contribution in [0.2, 0.25) is 0 Å². The van der Waals surface area contributed by atoms with Crippen molar-refractivity contribution in [1.82, 2.24) is 15.3 Å². The molecule has 0 aromatic carbocycles. The van der Waals surface area contributed by atoms with E-state index in [-0.39, 0.29) is 12.5 Å². The molecule has 1 amide bonds. The van der Waals surface area contributed by atoms with Gasteiger partial charge in [0.1, 0.15) is 18.0 Å². The lowest BCUT2D eigenvalue weighted by molar-refractivity contribution is -0.119. The molecule has 0 aliphatic carbocycles. The molecule has 0 saturated carbocycles. The highest BCUT2D eigenvalue weighted by Crippen LogP contribution is 2.16. The number of nitrogens with zero attached hydrogens (tertiary/aromatic N) is 2. The number of hydrogen-bond acceptors (Lipinski definition) is 5. The molecule has 0 atom stereocenters. The fourth-order valence-electron chi connectivity index (χ4n) is 1.42. The highest BCUT2D eigenvalue weighted by Gasteiger charge is 2.07. The van der Waals surface area contributed by atoms with Crippen molar-refractivity contribution < 1.29 is 4.79 Å². The van der Waals surface area contributed by atoms with Gasteiger partial charge in [0.2, 0.25) is 5.91 Å². The summed E-state index contributed by atoms with van der Waals surface area (Å²) in [6.07, 6.45) is 1.47. The molecule has 0 aliphatic heterocycles. The zero-order valence-corrected chi connectivity index (χ0v) is 11.4. The minimum atomic E-state index is -0.0345. The van der Waals surface area contributed by atoms with Crippen molar-refractivity contribution >= 4 is 17.5 Å². The molecule has 1 heterocycles. The third-order valence-electron chi connectivity index (χ3n) is 2.44. The van der Waals surface area contributed by atoms with E-state index in [1.807, 2.05) is 6.92 Å². The first-order valence-corrected chi connectivity index (χ1v) is 6.04. The minimum Gasteiger partial charge on any atom is -0.373 e. The zero-order valence-electron chi connectivity index (χ0n) is 11.4. The van der Waals surface area contributed by atoms with Crippen molar-refractivity contribution in [1.29, 1.82) is 0 Å². The first kappa shape index (κ1) is 14.2. The number of carbonyl (C=O) groups is 1. The van der Waals surface area contributed by atoms with Crippen molar-refractivity contribution in [2.24, 2.45) is 5.92 Å². The predicted octanol–water partition coefficient (Wildman–Crippen LogP) is 1.01. The van der Waals surface area contributed by atoms with E-state index in [9.17, 15) is 4.79 Å². The molecule has 0 bridgehead atoms. The van der Waals surface area contributed by atoms with Crippen LogP contribution in [0.5, 0.6) is 0 Å². The Bertz CT molecular complexity index is 405. The van der Waals surface area contributed by atoms with Crippen molar-refractivity contribution in [3.63, 3.8) is 0 Å². The number of carbonyl (C=O) groups excluding carboxylic acids is 1. The summed E-state index contributed by atoms with van der Waals surface area (Å²) in [6, 6.07) is 0. The highest BCUT2D eigenvalue weighted by molar-refractivity contribution is 5.80. The van der Waals surface area contributed by atoms with E-state index in [1.165, 1.54) is 6.33 Å². The summed E-state index contributed by atoms with van der Waals surface area (Å²) < 4.78 is 0. The summed E-state index contributed by atoms with van der Waals surface area (Å²) >= 11 is 0. The van der Waals surface area contributed by atoms with Crippen LogP contribution in [0.1, 0.15) is 19.4 Å². The van der Waals surface area contributed by atoms with Crippen molar-refractivity contribution in [2.45, 2.75) is 20.8 Å². The molecule has 0 fully saturated rings. The normalized spacial score (nSPS) is 10.3. The molecule has 0 radical (unpaired) electrons. The van der Waals surface area contributed by atoms with Crippen LogP contribution in [0.15, 0.2) is 6.33 Å². The summed E-state index contributed by atoms with van der Waals surface area (Å²) in [7, 11) is 1.80. The predicted molar refractivity (Wildman–Crippen MR) is 72.7 cm³/mol. The SMILES string of the molecule is CNc1ncnc(NCC(=O)NCC(C)C)c1C. The molecule has 18 heavy (non-hydrogen) atoms. The number of nitrogens with one attached hydrogen (secondary N) is 3. The van der Waals surface area contributed by atoms with Gasteiger partial charge in [-0.05, 0) is 12.8 Å². The van der Waals surface area contributed by atoms with Crippen molar-refractivity contribution in [3.05, 3.63) is 11.9 Å². The van der Waals surface area contributed by atoms with E-state index >= 15 is 0 Å². The van der Waals surface area contributed by atoms with E-state index in [2.05, 4.69) is 39.8 Å². The average molecular weight is 251 g/mol. The van der Waals surface area contributed by atoms with Gasteiger partial charge in [0, 0.05) is 19.2 Å². The lowest BCUT2D eigenvalue weighted by atomic mass is 10.2. The summed E-state index contributed by atoms with van der Waals surface area (Å²) in [5, 5.41) is 8.82. The molecule has 0 unspecified atom stereocenters. The highest BCUT2D eigenvalue weighted by atomic mass is 16.1. The maximum Gasteiger partial charge on any atom is 0.239 e. The van der Waals surface area contributed by atoms with E-state index < -0.39 is 0 Å². The molecule has 1 rings (SSSR count). The Morgan fingerprint density at radius 3 is 2.61 bits per heavy atom. The van der Waals surface area contributed by atoms with Crippen LogP contribution in [-0.4, -0.2) is 36.0 Å². The van der Waals surface area contributed by atoms with E-state index in [1.54, 1.807) is 7.05 Å². The van der Waals surface area contributed by atoms with Gasteiger partial charge in [-0.25, -0.2) is 9.97 Å². The molecule has 3 N–H and O–H groups in total. The lowest BCUT2D eigenvalue weighted by Gasteiger charge is -2.11. The first-order chi connectivity index (χ1) is 8.54. The third kappa shape index (κ3) is 4.20. The Hall–Kier alpha value is -1.85. The minimum absolute atomic E-state index is 0.0345. The van der Waals surface area contributed by atoms with Gasteiger partial charge in [-0.1, -0.05) is 13.8 Å². The molecular weight excluding hydrogens is 230 g/mol. The Morgan fingerprint density at radius 2 is 2.00 bits per heavy atom. The van der Waals surface area contributed by atoms with Crippen LogP contribution in [-0.2, 0) is 4.79 Å². The Labute approximate surface area is 108 Å². The molecule has 6 heteroatoms. The summed E-state index contributed by atoms with van der Waals surface area (Å²) in [5.74, 6) is 1.85. The standard InChI is InChI=1S/C12H21N5O/c1-8(2)5-14-10(18)6-15-12-9(3)11(13-4)16-7-17-12/h7-8H,5-6H2,1-4H3,(H,14,18)(H2,13,15,16,17). The molecule has 6 nitrogen and oxygen atoms in total. The molecule has 0 saturated heterocycles. The van der Waals surface area contributed by atoms with Crippen LogP contribution in [0.4, 0.5) is 11.6 Å². The number of aromatic nitrogens is 2. The third-order valence-corrected chi connectivity index (χ3v) is 2.44. The Morgan fingerprint density at radius 1 is 1.33 bits per heavy atom. The second-order valence-electron chi connectivity index (χ2n) is 4.50. The second-order valence-corrected chi connectivity index (χ2v) is 4.50. The fourth-order valence-corrected chi connectivity index (χ4v) is 1.42. The summed E-state index contributed by atoms with van der Waals surface area (Å²) in [5.41, 5.74) is 0.900. The summed E-state index contributed by atoms with van der Waals surface area (Å²) in [6.45, 7) is 6.92. The van der Waals surface area contributed by atoms with Crippen LogP contribution >= 0.6 is 0 Å². The molecule has 0 aliphatic rings. The molecule has 0 spiro atoms. The summed E-state index contributed by atoms with van der Waals surface area (Å²) in [4.78, 5) is 19.7. The second kappa shape index (κ2) is 6.78. The molecule has 1 aromatic heterocycles. The van der Waals surface area contributed by atoms with Crippen molar-refractivity contribution in [3.8, 4) is 0 Å². The van der Waals surface area contributed by atoms with Crippen LogP contribution in [0.25, 0.3) is 0 Å². The van der Waals surface area contributed by atoms with Gasteiger partial charge < -0.3 is 16.0 Å². The van der Waals surface area contributed by atoms with E-state index in [0.29, 0.717) is 18.3 Å². The smallest absolute Gasteiger partial charge is 0.239 e. The topological polar surface area (TPSA) is 78.9 Å². The first-order valence-electron chi connectivity index (χ1n) is 6.04. The molecule has 1 aromatic rings. The quantitative estimate of drug-likeness (QED) is 0.703. The van der Waals surface area contributed by atoms with Crippen molar-refractivity contribution in [2.75, 3.05) is 30.8 Å². The molecular formula is C12H21N5O. The van der Waals surface area contributed by atoms with E-state index in [0.717, 1.165) is 11.4 Å². The van der Waals surface area contributed by atoms with Gasteiger partial charge in [-0.3, -0.25) is 4.79 Å². The number of anilines is 2. The Balaban J connectivity index is 2.51. The van der Waals surface area contributed by atoms with Crippen LogP contribution in [0, 0.1) is 12.8 Å². The zero-order chi connectivity index (χ0) is 13.5. The van der Waals surface area contributed by atoms with Gasteiger partial charge in [0.05, 0.1) is 6.54 Å². The number of hydrogen-bond donors (Lipinski definition) is 3. The number of rotatable bonds is 6. The van der Waals surface area contributed by atoms with Gasteiger partial charge in [0.25, 0.3) is 0 Å². The number of amides is 1. The van der Waals surface area contributed by atoms with Gasteiger partial charge >= 0.3 is 0 Å². The van der Waals surface area contributed by atoms with Gasteiger partial charge in [-0.2, -0.15) is 0 Å². The largest absolute Gasteiger partial charge is 0.373 e. The molecule has 100 valence electrons. The van der Waals surface area contributed by atoms with Gasteiger partial charge in [0.15, 0.2) is 0 Å². The van der Waals surface area contributed by atoms with Gasteiger partial charge in [-0.15, -0.1) is 0 Å². The lowest BCUT2D eigenvalue weighted by Crippen LogP contribution is -2.32. The maximum absolute atomic E-state index is 11.6. The Kier molecular flexibility index (Phi) is 5.35. The van der Waals surface area contributed by atoms with E-state index in [4.69, 9.17) is 0 Å². The monoisotopic (exact) mass is 251 g/mol. The fraction of sp³-hybridized carbons (Fsp3) is 0.583. The maximum atomic E-state index is 11.6. The van der Waals surface area contributed by atoms with Crippen LogP contribution in [0.3, 0.4) is 0 Å². The van der Waals surface area contributed by atoms with Crippen LogP contribution < -0.4 is 16.0 Å². The average Bonchev–Trinajstić information content (AvgIpc) is 2.35.